The Morgan fingerprint density at radius 2 is 1.74 bits per heavy atom. The minimum atomic E-state index is -3.63. The van der Waals surface area contributed by atoms with Crippen LogP contribution in [-0.4, -0.2) is 56.6 Å². The maximum absolute atomic E-state index is 13.6. The number of hydrogen-bond donors (Lipinski definition) is 1. The minimum Gasteiger partial charge on any atom is -0.492 e. The fourth-order valence-corrected chi connectivity index (χ4v) is 6.09. The van der Waals surface area contributed by atoms with Crippen molar-refractivity contribution < 1.29 is 22.7 Å². The SMILES string of the molecule is CCOc1ccccc1N(CCCC(=O)N(Cc1ccc(Cl)cc1)[C@@H](CC)C(=O)NC1CCCC1)S(C)(=O)=O. The molecule has 1 aliphatic rings. The molecule has 1 N–H and O–H groups in total. The molecule has 0 saturated heterocycles. The van der Waals surface area contributed by atoms with Crippen LogP contribution in [-0.2, 0) is 26.2 Å². The molecule has 0 heterocycles. The summed E-state index contributed by atoms with van der Waals surface area (Å²) in [6, 6.07) is 13.7. The van der Waals surface area contributed by atoms with Gasteiger partial charge in [-0.25, -0.2) is 8.42 Å². The Balaban J connectivity index is 1.77. The van der Waals surface area contributed by atoms with Crippen molar-refractivity contribution in [1.82, 2.24) is 10.2 Å². The lowest BCUT2D eigenvalue weighted by Crippen LogP contribution is -2.51. The van der Waals surface area contributed by atoms with E-state index in [0.717, 1.165) is 37.5 Å². The van der Waals surface area contributed by atoms with E-state index in [0.29, 0.717) is 29.5 Å². The second-order valence-electron chi connectivity index (χ2n) is 9.90. The molecule has 2 aromatic rings. The van der Waals surface area contributed by atoms with Crippen LogP contribution in [0.4, 0.5) is 5.69 Å². The number of nitrogens with zero attached hydrogens (tertiary/aromatic N) is 2. The van der Waals surface area contributed by atoms with Gasteiger partial charge >= 0.3 is 0 Å². The zero-order chi connectivity index (χ0) is 28.4. The van der Waals surface area contributed by atoms with Gasteiger partial charge in [0.15, 0.2) is 0 Å². The third kappa shape index (κ3) is 8.86. The maximum Gasteiger partial charge on any atom is 0.243 e. The smallest absolute Gasteiger partial charge is 0.243 e. The Labute approximate surface area is 237 Å². The number of halogens is 1. The van der Waals surface area contributed by atoms with Crippen LogP contribution in [0, 0.1) is 0 Å². The number of amides is 2. The molecular weight excluding hydrogens is 538 g/mol. The quantitative estimate of drug-likeness (QED) is 0.335. The molecule has 0 spiro atoms. The molecule has 2 aromatic carbocycles. The number of carbonyl (C=O) groups is 2. The first-order valence-electron chi connectivity index (χ1n) is 13.7. The van der Waals surface area contributed by atoms with Crippen molar-refractivity contribution in [2.75, 3.05) is 23.7 Å². The minimum absolute atomic E-state index is 0.0869. The van der Waals surface area contributed by atoms with E-state index in [2.05, 4.69) is 5.32 Å². The van der Waals surface area contributed by atoms with E-state index in [1.165, 1.54) is 4.31 Å². The van der Waals surface area contributed by atoms with Crippen molar-refractivity contribution in [3.63, 3.8) is 0 Å². The molecule has 3 rings (SSSR count). The van der Waals surface area contributed by atoms with E-state index in [-0.39, 0.29) is 43.8 Å². The van der Waals surface area contributed by atoms with Crippen molar-refractivity contribution in [2.24, 2.45) is 0 Å². The number of nitrogens with one attached hydrogen (secondary N) is 1. The lowest BCUT2D eigenvalue weighted by Gasteiger charge is -2.32. The van der Waals surface area contributed by atoms with Gasteiger partial charge in [0.1, 0.15) is 11.8 Å². The lowest BCUT2D eigenvalue weighted by atomic mass is 10.1. The lowest BCUT2D eigenvalue weighted by molar-refractivity contribution is -0.141. The molecule has 0 aromatic heterocycles. The Bertz CT molecular complexity index is 1200. The van der Waals surface area contributed by atoms with Gasteiger partial charge in [0.05, 0.1) is 18.6 Å². The summed E-state index contributed by atoms with van der Waals surface area (Å²) in [5.74, 6) is 0.121. The van der Waals surface area contributed by atoms with Gasteiger partial charge in [-0.1, -0.05) is 55.6 Å². The van der Waals surface area contributed by atoms with Crippen molar-refractivity contribution in [3.8, 4) is 5.75 Å². The first-order chi connectivity index (χ1) is 18.6. The molecule has 8 nitrogen and oxygen atoms in total. The Hall–Kier alpha value is -2.78. The summed E-state index contributed by atoms with van der Waals surface area (Å²) < 4.78 is 32.3. The predicted octanol–water partition coefficient (Wildman–Crippen LogP) is 5.15. The number of sulfonamides is 1. The molecule has 0 radical (unpaired) electrons. The fraction of sp³-hybridized carbons (Fsp3) is 0.517. The van der Waals surface area contributed by atoms with E-state index in [1.54, 1.807) is 41.3 Å². The zero-order valence-corrected chi connectivity index (χ0v) is 24.6. The van der Waals surface area contributed by atoms with Crippen LogP contribution < -0.4 is 14.4 Å². The Morgan fingerprint density at radius 1 is 1.08 bits per heavy atom. The number of hydrogen-bond acceptors (Lipinski definition) is 5. The van der Waals surface area contributed by atoms with Gasteiger partial charge in [-0.15, -0.1) is 0 Å². The van der Waals surface area contributed by atoms with Crippen LogP contribution >= 0.6 is 11.6 Å². The average Bonchev–Trinajstić information content (AvgIpc) is 3.40. The molecule has 10 heteroatoms. The standard InChI is InChI=1S/C29H40ClN3O5S/c1-4-25(29(35)31-24-11-6-7-12-24)32(21-22-16-18-23(30)19-17-22)28(34)15-10-20-33(39(3,36)37)26-13-8-9-14-27(26)38-5-2/h8-9,13-14,16-19,24-25H,4-7,10-12,15,20-21H2,1-3H3,(H,31,35)/t25-/m0/s1. The number of anilines is 1. The van der Waals surface area contributed by atoms with E-state index in [1.807, 2.05) is 26.0 Å². The van der Waals surface area contributed by atoms with Gasteiger partial charge in [-0.3, -0.25) is 13.9 Å². The van der Waals surface area contributed by atoms with Gasteiger partial charge in [-0.05, 0) is 62.4 Å². The van der Waals surface area contributed by atoms with Crippen LogP contribution in [0.1, 0.15) is 64.4 Å². The van der Waals surface area contributed by atoms with Crippen LogP contribution in [0.25, 0.3) is 0 Å². The molecule has 0 bridgehead atoms. The van der Waals surface area contributed by atoms with Crippen molar-refractivity contribution >= 4 is 39.1 Å². The van der Waals surface area contributed by atoms with Gasteiger partial charge in [-0.2, -0.15) is 0 Å². The van der Waals surface area contributed by atoms with Crippen molar-refractivity contribution in [3.05, 3.63) is 59.1 Å². The predicted molar refractivity (Wildman–Crippen MR) is 156 cm³/mol. The zero-order valence-electron chi connectivity index (χ0n) is 23.1. The van der Waals surface area contributed by atoms with Crippen molar-refractivity contribution in [1.29, 1.82) is 0 Å². The van der Waals surface area contributed by atoms with E-state index >= 15 is 0 Å². The van der Waals surface area contributed by atoms with Gasteiger partial charge < -0.3 is 15.0 Å². The molecule has 214 valence electrons. The summed E-state index contributed by atoms with van der Waals surface area (Å²) in [6.07, 6.45) is 6.08. The highest BCUT2D eigenvalue weighted by atomic mass is 35.5. The van der Waals surface area contributed by atoms with Crippen molar-refractivity contribution in [2.45, 2.75) is 77.4 Å². The first kappa shape index (κ1) is 30.8. The molecule has 1 aliphatic carbocycles. The third-order valence-electron chi connectivity index (χ3n) is 6.94. The summed E-state index contributed by atoms with van der Waals surface area (Å²) in [5.41, 5.74) is 1.30. The average molecular weight is 578 g/mol. The van der Waals surface area contributed by atoms with Crippen LogP contribution in [0.5, 0.6) is 5.75 Å². The summed E-state index contributed by atoms with van der Waals surface area (Å²) in [5, 5.41) is 3.73. The largest absolute Gasteiger partial charge is 0.492 e. The number of rotatable bonds is 14. The second kappa shape index (κ2) is 14.6. The molecule has 1 saturated carbocycles. The molecule has 1 fully saturated rings. The summed E-state index contributed by atoms with van der Waals surface area (Å²) in [7, 11) is -3.63. The Morgan fingerprint density at radius 3 is 2.36 bits per heavy atom. The second-order valence-corrected chi connectivity index (χ2v) is 12.2. The number of carbonyl (C=O) groups excluding carboxylic acids is 2. The molecule has 0 unspecified atom stereocenters. The Kier molecular flexibility index (Phi) is 11.5. The van der Waals surface area contributed by atoms with E-state index in [4.69, 9.17) is 16.3 Å². The van der Waals surface area contributed by atoms with Gasteiger partial charge in [0.25, 0.3) is 0 Å². The van der Waals surface area contributed by atoms with Crippen LogP contribution in [0.15, 0.2) is 48.5 Å². The fourth-order valence-electron chi connectivity index (χ4n) is 5.00. The molecule has 1 atom stereocenters. The highest BCUT2D eigenvalue weighted by molar-refractivity contribution is 7.92. The molecule has 2 amide bonds. The summed E-state index contributed by atoms with van der Waals surface area (Å²) in [4.78, 5) is 28.5. The molecular formula is C29H40ClN3O5S. The van der Waals surface area contributed by atoms with Gasteiger partial charge in [0, 0.05) is 30.6 Å². The normalized spacial score (nSPS) is 14.6. The topological polar surface area (TPSA) is 96.0 Å². The number of para-hydroxylation sites is 2. The van der Waals surface area contributed by atoms with Gasteiger partial charge in [0.2, 0.25) is 21.8 Å². The third-order valence-corrected chi connectivity index (χ3v) is 8.37. The first-order valence-corrected chi connectivity index (χ1v) is 15.9. The summed E-state index contributed by atoms with van der Waals surface area (Å²) in [6.45, 7) is 4.50. The highest BCUT2D eigenvalue weighted by Crippen LogP contribution is 2.30. The molecule has 39 heavy (non-hydrogen) atoms. The number of benzene rings is 2. The molecule has 0 aliphatic heterocycles. The van der Waals surface area contributed by atoms with Crippen LogP contribution in [0.2, 0.25) is 5.02 Å². The summed E-state index contributed by atoms with van der Waals surface area (Å²) >= 11 is 6.06. The highest BCUT2D eigenvalue weighted by Gasteiger charge is 2.31. The van der Waals surface area contributed by atoms with E-state index in [9.17, 15) is 18.0 Å². The monoisotopic (exact) mass is 577 g/mol. The van der Waals surface area contributed by atoms with E-state index < -0.39 is 16.1 Å². The maximum atomic E-state index is 13.6. The number of ether oxygens (including phenoxy) is 1. The van der Waals surface area contributed by atoms with Crippen LogP contribution in [0.3, 0.4) is 0 Å².